The Morgan fingerprint density at radius 2 is 2.00 bits per heavy atom. The molecule has 96 valence electrons. The van der Waals surface area contributed by atoms with Crippen molar-refractivity contribution in [2.45, 2.75) is 20.3 Å². The molecule has 3 nitrogen and oxygen atoms in total. The molecular weight excluding hydrogens is 243 g/mol. The van der Waals surface area contributed by atoms with Gasteiger partial charge in [0.15, 0.2) is 0 Å². The van der Waals surface area contributed by atoms with Gasteiger partial charge in [0, 0.05) is 5.69 Å². The van der Waals surface area contributed by atoms with E-state index < -0.39 is 5.82 Å². The van der Waals surface area contributed by atoms with Gasteiger partial charge < -0.3 is 4.74 Å². The van der Waals surface area contributed by atoms with E-state index in [0.717, 1.165) is 23.9 Å². The smallest absolute Gasteiger partial charge is 0.148 e. The van der Waals surface area contributed by atoms with Gasteiger partial charge in [0.25, 0.3) is 0 Å². The van der Waals surface area contributed by atoms with Crippen molar-refractivity contribution >= 4 is 0 Å². The first-order chi connectivity index (χ1) is 9.13. The van der Waals surface area contributed by atoms with Crippen molar-refractivity contribution in [1.29, 1.82) is 5.26 Å². The summed E-state index contributed by atoms with van der Waals surface area (Å²) in [6.07, 6.45) is 0.722. The van der Waals surface area contributed by atoms with Gasteiger partial charge >= 0.3 is 0 Å². The van der Waals surface area contributed by atoms with Crippen LogP contribution in [0.3, 0.4) is 0 Å². The van der Waals surface area contributed by atoms with Crippen LogP contribution < -0.4 is 4.74 Å². The molecule has 1 aromatic carbocycles. The molecule has 1 heterocycles. The first-order valence-electron chi connectivity index (χ1n) is 5.98. The molecule has 19 heavy (non-hydrogen) atoms. The zero-order chi connectivity index (χ0) is 13.8. The fourth-order valence-corrected chi connectivity index (χ4v) is 1.74. The summed E-state index contributed by atoms with van der Waals surface area (Å²) in [4.78, 5) is 4.38. The van der Waals surface area contributed by atoms with Gasteiger partial charge in [-0.3, -0.25) is 4.98 Å². The lowest BCUT2D eigenvalue weighted by atomic mass is 10.2. The van der Waals surface area contributed by atoms with E-state index in [4.69, 9.17) is 10.00 Å². The van der Waals surface area contributed by atoms with Crippen LogP contribution in [0, 0.1) is 24.1 Å². The lowest BCUT2D eigenvalue weighted by Crippen LogP contribution is -1.97. The molecule has 0 aliphatic carbocycles. The summed E-state index contributed by atoms with van der Waals surface area (Å²) < 4.78 is 18.7. The van der Waals surface area contributed by atoms with Crippen LogP contribution in [0.15, 0.2) is 30.3 Å². The number of nitriles is 1. The van der Waals surface area contributed by atoms with E-state index in [1.54, 1.807) is 0 Å². The maximum atomic E-state index is 13.1. The topological polar surface area (TPSA) is 45.9 Å². The van der Waals surface area contributed by atoms with Crippen molar-refractivity contribution in [3.8, 4) is 17.6 Å². The maximum absolute atomic E-state index is 13.1. The third kappa shape index (κ3) is 2.89. The number of aromatic nitrogens is 1. The number of pyridine rings is 1. The summed E-state index contributed by atoms with van der Waals surface area (Å²) >= 11 is 0. The van der Waals surface area contributed by atoms with Crippen LogP contribution in [-0.2, 0) is 6.42 Å². The minimum Gasteiger partial charge on any atom is -0.454 e. The zero-order valence-corrected chi connectivity index (χ0v) is 10.8. The van der Waals surface area contributed by atoms with E-state index >= 15 is 0 Å². The summed E-state index contributed by atoms with van der Waals surface area (Å²) in [6.45, 7) is 3.88. The third-order valence-corrected chi connectivity index (χ3v) is 2.69. The van der Waals surface area contributed by atoms with E-state index in [9.17, 15) is 4.39 Å². The van der Waals surface area contributed by atoms with Crippen molar-refractivity contribution in [2.75, 3.05) is 0 Å². The highest BCUT2D eigenvalue weighted by Gasteiger charge is 2.09. The van der Waals surface area contributed by atoms with Gasteiger partial charge in [-0.25, -0.2) is 4.39 Å². The van der Waals surface area contributed by atoms with Crippen molar-refractivity contribution in [1.82, 2.24) is 4.98 Å². The second-order valence-corrected chi connectivity index (χ2v) is 4.11. The fraction of sp³-hybridized carbons (Fsp3) is 0.200. The SMILES string of the molecule is CCc1nc(C)ccc1Oc1ccc(F)cc1C#N. The van der Waals surface area contributed by atoms with Gasteiger partial charge in [-0.05, 0) is 43.7 Å². The number of rotatable bonds is 3. The van der Waals surface area contributed by atoms with Crippen LogP contribution in [0.25, 0.3) is 0 Å². The highest BCUT2D eigenvalue weighted by Crippen LogP contribution is 2.28. The Balaban J connectivity index is 2.39. The van der Waals surface area contributed by atoms with Crippen LogP contribution in [0.2, 0.25) is 0 Å². The van der Waals surface area contributed by atoms with Crippen molar-refractivity contribution in [3.05, 3.63) is 53.1 Å². The number of ether oxygens (including phenoxy) is 1. The lowest BCUT2D eigenvalue weighted by Gasteiger charge is -2.11. The van der Waals surface area contributed by atoms with E-state index in [1.165, 1.54) is 12.1 Å². The number of benzene rings is 1. The summed E-state index contributed by atoms with van der Waals surface area (Å²) in [5.74, 6) is 0.474. The van der Waals surface area contributed by atoms with Crippen LogP contribution in [-0.4, -0.2) is 4.98 Å². The minimum absolute atomic E-state index is 0.169. The molecule has 0 spiro atoms. The van der Waals surface area contributed by atoms with Gasteiger partial charge in [-0.15, -0.1) is 0 Å². The Morgan fingerprint density at radius 3 is 2.68 bits per heavy atom. The number of hydrogen-bond acceptors (Lipinski definition) is 3. The Kier molecular flexibility index (Phi) is 3.76. The van der Waals surface area contributed by atoms with E-state index in [2.05, 4.69) is 4.98 Å². The van der Waals surface area contributed by atoms with Crippen LogP contribution in [0.1, 0.15) is 23.9 Å². The molecule has 0 unspecified atom stereocenters. The van der Waals surface area contributed by atoms with Crippen LogP contribution >= 0.6 is 0 Å². The Labute approximate surface area is 111 Å². The first-order valence-corrected chi connectivity index (χ1v) is 5.98. The van der Waals surface area contributed by atoms with Gasteiger partial charge in [0.1, 0.15) is 23.4 Å². The molecule has 2 rings (SSSR count). The second kappa shape index (κ2) is 5.49. The Bertz CT molecular complexity index is 647. The molecule has 0 saturated heterocycles. The highest BCUT2D eigenvalue weighted by molar-refractivity contribution is 5.46. The molecule has 0 amide bonds. The number of halogens is 1. The second-order valence-electron chi connectivity index (χ2n) is 4.11. The molecular formula is C15H13FN2O. The lowest BCUT2D eigenvalue weighted by molar-refractivity contribution is 0.469. The summed E-state index contributed by atoms with van der Waals surface area (Å²) in [6, 6.07) is 9.44. The largest absolute Gasteiger partial charge is 0.454 e. The molecule has 0 aliphatic heterocycles. The number of aryl methyl sites for hydroxylation is 2. The van der Waals surface area contributed by atoms with Crippen LogP contribution in [0.5, 0.6) is 11.5 Å². The molecule has 0 N–H and O–H groups in total. The van der Waals surface area contributed by atoms with Gasteiger partial charge in [-0.1, -0.05) is 6.92 Å². The van der Waals surface area contributed by atoms with E-state index in [-0.39, 0.29) is 5.56 Å². The molecule has 0 bridgehead atoms. The third-order valence-electron chi connectivity index (χ3n) is 2.69. The summed E-state index contributed by atoms with van der Waals surface area (Å²) in [7, 11) is 0. The average molecular weight is 256 g/mol. The predicted molar refractivity (Wildman–Crippen MR) is 69.5 cm³/mol. The summed E-state index contributed by atoms with van der Waals surface area (Å²) in [5, 5.41) is 8.98. The molecule has 0 atom stereocenters. The monoisotopic (exact) mass is 256 g/mol. The average Bonchev–Trinajstić information content (AvgIpc) is 2.42. The highest BCUT2D eigenvalue weighted by atomic mass is 19.1. The molecule has 0 fully saturated rings. The first kappa shape index (κ1) is 13.0. The maximum Gasteiger partial charge on any atom is 0.148 e. The predicted octanol–water partition coefficient (Wildman–Crippen LogP) is 3.76. The minimum atomic E-state index is -0.457. The van der Waals surface area contributed by atoms with Crippen molar-refractivity contribution in [3.63, 3.8) is 0 Å². The zero-order valence-electron chi connectivity index (χ0n) is 10.8. The Morgan fingerprint density at radius 1 is 1.26 bits per heavy atom. The van der Waals surface area contributed by atoms with Gasteiger partial charge in [0.2, 0.25) is 0 Å². The molecule has 2 aromatic rings. The van der Waals surface area contributed by atoms with Crippen molar-refractivity contribution < 1.29 is 9.13 Å². The molecule has 0 radical (unpaired) electrons. The molecule has 0 aliphatic rings. The van der Waals surface area contributed by atoms with Gasteiger partial charge in [0.05, 0.1) is 11.3 Å². The molecule has 0 saturated carbocycles. The quantitative estimate of drug-likeness (QED) is 0.840. The van der Waals surface area contributed by atoms with Crippen molar-refractivity contribution in [2.24, 2.45) is 0 Å². The number of nitrogens with zero attached hydrogens (tertiary/aromatic N) is 2. The Hall–Kier alpha value is -2.41. The van der Waals surface area contributed by atoms with E-state index in [0.29, 0.717) is 11.5 Å². The van der Waals surface area contributed by atoms with E-state index in [1.807, 2.05) is 32.0 Å². The molecule has 4 heteroatoms. The number of hydrogen-bond donors (Lipinski definition) is 0. The standard InChI is InChI=1S/C15H13FN2O/c1-3-13-15(6-4-10(2)18-13)19-14-7-5-12(16)8-11(14)9-17/h4-8H,3H2,1-2H3. The van der Waals surface area contributed by atoms with Crippen LogP contribution in [0.4, 0.5) is 4.39 Å². The summed E-state index contributed by atoms with van der Waals surface area (Å²) in [5.41, 5.74) is 1.89. The molecule has 1 aromatic heterocycles. The fourth-order valence-electron chi connectivity index (χ4n) is 1.74. The normalized spacial score (nSPS) is 10.0. The van der Waals surface area contributed by atoms with Gasteiger partial charge in [-0.2, -0.15) is 5.26 Å².